The summed E-state index contributed by atoms with van der Waals surface area (Å²) in [6, 6.07) is 8.82. The number of carbonyl (C=O) groups excluding carboxylic acids is 1. The van der Waals surface area contributed by atoms with Gasteiger partial charge in [-0.2, -0.15) is 5.10 Å². The Morgan fingerprint density at radius 2 is 1.81 bits per heavy atom. The second-order valence-corrected chi connectivity index (χ2v) is 5.08. The van der Waals surface area contributed by atoms with Gasteiger partial charge in [-0.3, -0.25) is 9.59 Å². The molecule has 110 valence electrons. The lowest BCUT2D eigenvalue weighted by atomic mass is 10.1. The second kappa shape index (κ2) is 5.91. The Bertz CT molecular complexity index is 714. The highest BCUT2D eigenvalue weighted by atomic mass is 16.2. The summed E-state index contributed by atoms with van der Waals surface area (Å²) < 4.78 is 1.17. The summed E-state index contributed by atoms with van der Waals surface area (Å²) in [5.41, 5.74) is 3.07. The average Bonchev–Trinajstić information content (AvgIpc) is 2.41. The van der Waals surface area contributed by atoms with Crippen LogP contribution in [0.3, 0.4) is 0 Å². The number of nitrogens with zero attached hydrogens (tertiary/aromatic N) is 3. The molecule has 1 aromatic heterocycles. The van der Waals surface area contributed by atoms with E-state index >= 15 is 0 Å². The Morgan fingerprint density at radius 3 is 2.33 bits per heavy atom. The first-order valence-corrected chi connectivity index (χ1v) is 6.87. The van der Waals surface area contributed by atoms with E-state index < -0.39 is 0 Å². The molecular weight excluding hydrogens is 266 g/mol. The maximum atomic E-state index is 12.6. The minimum atomic E-state index is -0.235. The number of anilines is 1. The van der Waals surface area contributed by atoms with Gasteiger partial charge >= 0.3 is 0 Å². The van der Waals surface area contributed by atoms with Crippen molar-refractivity contribution in [1.82, 2.24) is 9.78 Å². The fourth-order valence-electron chi connectivity index (χ4n) is 2.30. The molecule has 0 unspecified atom stereocenters. The zero-order valence-electron chi connectivity index (χ0n) is 12.8. The van der Waals surface area contributed by atoms with Crippen molar-refractivity contribution in [2.45, 2.75) is 20.8 Å². The van der Waals surface area contributed by atoms with E-state index in [9.17, 15) is 9.59 Å². The van der Waals surface area contributed by atoms with Crippen LogP contribution in [0.4, 0.5) is 5.69 Å². The van der Waals surface area contributed by atoms with Crippen molar-refractivity contribution >= 4 is 11.6 Å². The molecule has 21 heavy (non-hydrogen) atoms. The third-order valence-corrected chi connectivity index (χ3v) is 3.26. The first-order valence-electron chi connectivity index (χ1n) is 6.87. The molecule has 0 aliphatic rings. The van der Waals surface area contributed by atoms with Crippen LogP contribution in [0.1, 0.15) is 28.5 Å². The number of aryl methyl sites for hydroxylation is 3. The van der Waals surface area contributed by atoms with E-state index in [0.29, 0.717) is 6.54 Å². The molecule has 0 saturated heterocycles. The molecule has 2 aromatic rings. The minimum absolute atomic E-state index is 0.210. The van der Waals surface area contributed by atoms with Gasteiger partial charge < -0.3 is 4.90 Å². The molecule has 5 nitrogen and oxygen atoms in total. The predicted molar refractivity (Wildman–Crippen MR) is 82.7 cm³/mol. The van der Waals surface area contributed by atoms with Gasteiger partial charge in [0.2, 0.25) is 0 Å². The highest BCUT2D eigenvalue weighted by molar-refractivity contribution is 6.04. The van der Waals surface area contributed by atoms with Crippen molar-refractivity contribution < 1.29 is 4.79 Å². The van der Waals surface area contributed by atoms with Crippen LogP contribution in [0, 0.1) is 13.8 Å². The molecule has 0 radical (unpaired) electrons. The molecule has 1 amide bonds. The van der Waals surface area contributed by atoms with Crippen LogP contribution in [-0.4, -0.2) is 22.2 Å². The van der Waals surface area contributed by atoms with Gasteiger partial charge in [0.05, 0.1) is 0 Å². The van der Waals surface area contributed by atoms with Crippen molar-refractivity contribution in [1.29, 1.82) is 0 Å². The van der Waals surface area contributed by atoms with Crippen LogP contribution < -0.4 is 10.5 Å². The standard InChI is InChI=1S/C16H19N3O2/c1-5-19(13-9-11(2)8-12(3)10-13)16(21)14-6-7-15(20)18(4)17-14/h6-10H,5H2,1-4H3. The summed E-state index contributed by atoms with van der Waals surface area (Å²) in [7, 11) is 1.53. The van der Waals surface area contributed by atoms with E-state index in [1.165, 1.54) is 23.9 Å². The molecule has 1 aromatic carbocycles. The van der Waals surface area contributed by atoms with Gasteiger partial charge in [0.25, 0.3) is 11.5 Å². The highest BCUT2D eigenvalue weighted by Crippen LogP contribution is 2.20. The van der Waals surface area contributed by atoms with Gasteiger partial charge in [0, 0.05) is 25.3 Å². The van der Waals surface area contributed by atoms with Crippen LogP contribution in [0.5, 0.6) is 0 Å². The van der Waals surface area contributed by atoms with E-state index in [1.54, 1.807) is 4.90 Å². The Labute approximate surface area is 123 Å². The molecule has 0 aliphatic carbocycles. The van der Waals surface area contributed by atoms with Crippen LogP contribution in [0.2, 0.25) is 0 Å². The van der Waals surface area contributed by atoms with Crippen LogP contribution in [-0.2, 0) is 7.05 Å². The Hall–Kier alpha value is -2.43. The fraction of sp³-hybridized carbons (Fsp3) is 0.312. The van der Waals surface area contributed by atoms with Gasteiger partial charge in [0.15, 0.2) is 0 Å². The van der Waals surface area contributed by atoms with Crippen LogP contribution in [0.15, 0.2) is 35.1 Å². The fourth-order valence-corrected chi connectivity index (χ4v) is 2.30. The Kier molecular flexibility index (Phi) is 4.21. The topological polar surface area (TPSA) is 55.2 Å². The summed E-state index contributed by atoms with van der Waals surface area (Å²) in [4.78, 5) is 25.6. The van der Waals surface area contributed by atoms with E-state index in [-0.39, 0.29) is 17.2 Å². The minimum Gasteiger partial charge on any atom is -0.307 e. The van der Waals surface area contributed by atoms with Gasteiger partial charge in [-0.1, -0.05) is 6.07 Å². The van der Waals surface area contributed by atoms with Gasteiger partial charge in [0.1, 0.15) is 5.69 Å². The zero-order chi connectivity index (χ0) is 15.6. The van der Waals surface area contributed by atoms with Crippen molar-refractivity contribution in [3.05, 3.63) is 57.5 Å². The third kappa shape index (κ3) is 3.18. The van der Waals surface area contributed by atoms with Crippen molar-refractivity contribution in [3.63, 3.8) is 0 Å². The van der Waals surface area contributed by atoms with Gasteiger partial charge in [-0.25, -0.2) is 4.68 Å². The molecule has 0 fully saturated rings. The predicted octanol–water partition coefficient (Wildman–Crippen LogP) is 2.06. The highest BCUT2D eigenvalue weighted by Gasteiger charge is 2.18. The molecule has 2 rings (SSSR count). The molecule has 0 bridgehead atoms. The molecular formula is C16H19N3O2. The third-order valence-electron chi connectivity index (χ3n) is 3.26. The number of rotatable bonds is 3. The van der Waals surface area contributed by atoms with Crippen molar-refractivity contribution in [2.75, 3.05) is 11.4 Å². The second-order valence-electron chi connectivity index (χ2n) is 5.08. The van der Waals surface area contributed by atoms with Crippen LogP contribution in [0.25, 0.3) is 0 Å². The summed E-state index contributed by atoms with van der Waals surface area (Å²) in [6.07, 6.45) is 0. The van der Waals surface area contributed by atoms with E-state index in [2.05, 4.69) is 11.2 Å². The average molecular weight is 285 g/mol. The lowest BCUT2D eigenvalue weighted by Gasteiger charge is -2.21. The summed E-state index contributed by atoms with van der Waals surface area (Å²) in [6.45, 7) is 6.45. The molecule has 0 aliphatic heterocycles. The van der Waals surface area contributed by atoms with Crippen molar-refractivity contribution in [3.8, 4) is 0 Å². The van der Waals surface area contributed by atoms with Gasteiger partial charge in [-0.15, -0.1) is 0 Å². The lowest BCUT2D eigenvalue weighted by molar-refractivity contribution is 0.0981. The number of hydrogen-bond acceptors (Lipinski definition) is 3. The number of aromatic nitrogens is 2. The SMILES string of the molecule is CCN(C(=O)c1ccc(=O)n(C)n1)c1cc(C)cc(C)c1. The normalized spacial score (nSPS) is 10.5. The van der Waals surface area contributed by atoms with E-state index in [4.69, 9.17) is 0 Å². The van der Waals surface area contributed by atoms with Crippen LogP contribution >= 0.6 is 0 Å². The molecule has 0 N–H and O–H groups in total. The quantitative estimate of drug-likeness (QED) is 0.867. The number of amides is 1. The van der Waals surface area contributed by atoms with E-state index in [1.807, 2.05) is 32.9 Å². The smallest absolute Gasteiger partial charge is 0.278 e. The molecule has 5 heteroatoms. The van der Waals surface area contributed by atoms with Gasteiger partial charge in [-0.05, 0) is 50.1 Å². The first-order chi connectivity index (χ1) is 9.92. The Morgan fingerprint density at radius 1 is 1.19 bits per heavy atom. The summed E-state index contributed by atoms with van der Waals surface area (Å²) in [5.74, 6) is -0.210. The number of benzene rings is 1. The largest absolute Gasteiger partial charge is 0.307 e. The number of carbonyl (C=O) groups is 1. The molecule has 0 spiro atoms. The summed E-state index contributed by atoms with van der Waals surface area (Å²) >= 11 is 0. The monoisotopic (exact) mass is 285 g/mol. The molecule has 1 heterocycles. The first kappa shape index (κ1) is 15.0. The molecule has 0 saturated carbocycles. The zero-order valence-corrected chi connectivity index (χ0v) is 12.8. The maximum Gasteiger partial charge on any atom is 0.278 e. The van der Waals surface area contributed by atoms with E-state index in [0.717, 1.165) is 16.8 Å². The Balaban J connectivity index is 2.42. The van der Waals surface area contributed by atoms with Crippen molar-refractivity contribution in [2.24, 2.45) is 7.05 Å². The number of hydrogen-bond donors (Lipinski definition) is 0. The lowest BCUT2D eigenvalue weighted by Crippen LogP contribution is -2.33. The maximum absolute atomic E-state index is 12.6. The molecule has 0 atom stereocenters. The summed E-state index contributed by atoms with van der Waals surface area (Å²) in [5, 5.41) is 4.02.